The molecule has 0 bridgehead atoms. The molecule has 0 heterocycles. The fraction of sp³-hybridized carbons (Fsp3) is 0.839. The second-order valence-electron chi connectivity index (χ2n) is 18.1. The largest absolute Gasteiger partial charge is 0.462 e. The van der Waals surface area contributed by atoms with E-state index in [0.29, 0.717) is 19.3 Å². The smallest absolute Gasteiger partial charge is 0.306 e. The van der Waals surface area contributed by atoms with Gasteiger partial charge in [-0.2, -0.15) is 0 Å². The molecule has 362 valence electrons. The van der Waals surface area contributed by atoms with Gasteiger partial charge in [-0.1, -0.05) is 250 Å². The summed E-state index contributed by atoms with van der Waals surface area (Å²) in [5.74, 6) is -0.892. The number of rotatable bonds is 49. The summed E-state index contributed by atoms with van der Waals surface area (Å²) in [6, 6.07) is 0. The molecule has 0 aliphatic heterocycles. The molecule has 0 N–H and O–H groups in total. The van der Waals surface area contributed by atoms with Crippen LogP contribution in [0.3, 0.4) is 0 Å². The van der Waals surface area contributed by atoms with Gasteiger partial charge in [0, 0.05) is 19.3 Å². The molecular formula is C56H102O6. The van der Waals surface area contributed by atoms with E-state index in [9.17, 15) is 14.4 Å². The van der Waals surface area contributed by atoms with Crippen molar-refractivity contribution in [2.45, 2.75) is 290 Å². The molecule has 1 atom stereocenters. The van der Waals surface area contributed by atoms with Gasteiger partial charge < -0.3 is 14.2 Å². The molecule has 6 heteroatoms. The van der Waals surface area contributed by atoms with Gasteiger partial charge in [-0.15, -0.1) is 0 Å². The summed E-state index contributed by atoms with van der Waals surface area (Å²) in [4.78, 5) is 38.0. The first kappa shape index (κ1) is 59.6. The van der Waals surface area contributed by atoms with Crippen molar-refractivity contribution in [1.82, 2.24) is 0 Å². The Morgan fingerprint density at radius 2 is 0.629 bits per heavy atom. The minimum Gasteiger partial charge on any atom is -0.462 e. The molecule has 0 amide bonds. The van der Waals surface area contributed by atoms with Crippen LogP contribution in [0.15, 0.2) is 36.5 Å². The zero-order valence-corrected chi connectivity index (χ0v) is 41.4. The molecule has 0 aliphatic rings. The summed E-state index contributed by atoms with van der Waals surface area (Å²) in [6.07, 6.45) is 59.9. The number of hydrogen-bond acceptors (Lipinski definition) is 6. The Balaban J connectivity index is 4.35. The number of ether oxygens (including phenoxy) is 3. The monoisotopic (exact) mass is 871 g/mol. The van der Waals surface area contributed by atoms with E-state index >= 15 is 0 Å². The van der Waals surface area contributed by atoms with Gasteiger partial charge in [0.15, 0.2) is 6.10 Å². The lowest BCUT2D eigenvalue weighted by Gasteiger charge is -2.18. The van der Waals surface area contributed by atoms with Crippen molar-refractivity contribution in [1.29, 1.82) is 0 Å². The van der Waals surface area contributed by atoms with Crippen LogP contribution in [0, 0.1) is 0 Å². The molecule has 0 rings (SSSR count). The van der Waals surface area contributed by atoms with E-state index < -0.39 is 6.10 Å². The molecule has 0 radical (unpaired) electrons. The molecule has 0 saturated carbocycles. The van der Waals surface area contributed by atoms with Crippen molar-refractivity contribution in [3.8, 4) is 0 Å². The fourth-order valence-corrected chi connectivity index (χ4v) is 7.87. The zero-order chi connectivity index (χ0) is 45.1. The SMILES string of the molecule is CC/C=C\C/C=C\C/C=C\CCCCCC(=O)OCC(COC(=O)CCCCCCCCCCCCCCCCCCC)OC(=O)CCCCCCCCCCCCCCCC. The van der Waals surface area contributed by atoms with Gasteiger partial charge in [0.2, 0.25) is 0 Å². The predicted octanol–water partition coefficient (Wildman–Crippen LogP) is 17.7. The van der Waals surface area contributed by atoms with Gasteiger partial charge >= 0.3 is 17.9 Å². The van der Waals surface area contributed by atoms with Crippen molar-refractivity contribution in [3.05, 3.63) is 36.5 Å². The summed E-state index contributed by atoms with van der Waals surface area (Å²) in [5.41, 5.74) is 0. The Labute approximate surface area is 385 Å². The Bertz CT molecular complexity index is 1050. The average molecular weight is 871 g/mol. The molecule has 6 nitrogen and oxygen atoms in total. The van der Waals surface area contributed by atoms with E-state index in [1.54, 1.807) is 0 Å². The maximum Gasteiger partial charge on any atom is 0.306 e. The summed E-state index contributed by atoms with van der Waals surface area (Å²) in [7, 11) is 0. The third-order valence-corrected chi connectivity index (χ3v) is 11.9. The molecule has 62 heavy (non-hydrogen) atoms. The minimum absolute atomic E-state index is 0.0769. The first-order valence-electron chi connectivity index (χ1n) is 27.0. The number of unbranched alkanes of at least 4 members (excludes halogenated alkanes) is 32. The van der Waals surface area contributed by atoms with Crippen LogP contribution in [0.2, 0.25) is 0 Å². The molecule has 0 spiro atoms. The van der Waals surface area contributed by atoms with Crippen LogP contribution < -0.4 is 0 Å². The highest BCUT2D eigenvalue weighted by Gasteiger charge is 2.19. The van der Waals surface area contributed by atoms with E-state index in [1.165, 1.54) is 161 Å². The van der Waals surface area contributed by atoms with Crippen molar-refractivity contribution in [3.63, 3.8) is 0 Å². The van der Waals surface area contributed by atoms with Gasteiger partial charge in [-0.3, -0.25) is 14.4 Å². The van der Waals surface area contributed by atoms with Crippen molar-refractivity contribution >= 4 is 17.9 Å². The highest BCUT2D eigenvalue weighted by Crippen LogP contribution is 2.16. The van der Waals surface area contributed by atoms with E-state index in [-0.39, 0.29) is 31.1 Å². The summed E-state index contributed by atoms with van der Waals surface area (Å²) < 4.78 is 16.8. The Morgan fingerprint density at radius 1 is 0.339 bits per heavy atom. The topological polar surface area (TPSA) is 78.9 Å². The van der Waals surface area contributed by atoms with Crippen LogP contribution in [0.4, 0.5) is 0 Å². The van der Waals surface area contributed by atoms with E-state index in [1.807, 2.05) is 0 Å². The standard InChI is InChI=1S/C56H102O6/c1-4-7-10-13-16-19-22-25-27-28-29-32-34-37-40-43-46-49-55(58)61-52-53(51-60-54(57)48-45-42-39-36-33-30-24-21-18-15-12-9-6-3)62-56(59)50-47-44-41-38-35-31-26-23-20-17-14-11-8-5-2/h9,12,18,21,30,33,53H,4-8,10-11,13-17,19-20,22-29,31-32,34-52H2,1-3H3/b12-9-,21-18-,33-30-. The number of esters is 3. The average Bonchev–Trinajstić information content (AvgIpc) is 3.27. The second kappa shape index (κ2) is 51.3. The summed E-state index contributed by atoms with van der Waals surface area (Å²) in [5, 5.41) is 0. The molecule has 0 aromatic carbocycles. The Hall–Kier alpha value is -2.37. The fourth-order valence-electron chi connectivity index (χ4n) is 7.87. The third kappa shape index (κ3) is 48.7. The van der Waals surface area contributed by atoms with Gasteiger partial charge in [-0.25, -0.2) is 0 Å². The van der Waals surface area contributed by atoms with Crippen molar-refractivity contribution in [2.24, 2.45) is 0 Å². The molecule has 0 aliphatic carbocycles. The maximum absolute atomic E-state index is 12.8. The molecule has 0 aromatic rings. The Kier molecular flexibility index (Phi) is 49.3. The van der Waals surface area contributed by atoms with E-state index in [2.05, 4.69) is 57.2 Å². The molecule has 1 unspecified atom stereocenters. The molecule has 0 saturated heterocycles. The second-order valence-corrected chi connectivity index (χ2v) is 18.1. The quantitative estimate of drug-likeness (QED) is 0.0262. The number of hydrogen-bond donors (Lipinski definition) is 0. The van der Waals surface area contributed by atoms with Crippen LogP contribution in [0.1, 0.15) is 284 Å². The third-order valence-electron chi connectivity index (χ3n) is 11.9. The lowest BCUT2D eigenvalue weighted by atomic mass is 10.0. The van der Waals surface area contributed by atoms with E-state index in [0.717, 1.165) is 83.5 Å². The lowest BCUT2D eigenvalue weighted by Crippen LogP contribution is -2.30. The summed E-state index contributed by atoms with van der Waals surface area (Å²) in [6.45, 7) is 6.53. The highest BCUT2D eigenvalue weighted by molar-refractivity contribution is 5.71. The molecule has 0 fully saturated rings. The Morgan fingerprint density at radius 3 is 0.984 bits per heavy atom. The maximum atomic E-state index is 12.8. The predicted molar refractivity (Wildman–Crippen MR) is 266 cm³/mol. The van der Waals surface area contributed by atoms with Crippen molar-refractivity contribution < 1.29 is 28.6 Å². The normalized spacial score (nSPS) is 12.2. The first-order valence-corrected chi connectivity index (χ1v) is 27.0. The van der Waals surface area contributed by atoms with Gasteiger partial charge in [0.1, 0.15) is 13.2 Å². The van der Waals surface area contributed by atoms with Gasteiger partial charge in [0.25, 0.3) is 0 Å². The van der Waals surface area contributed by atoms with Crippen LogP contribution in [0.25, 0.3) is 0 Å². The number of carbonyl (C=O) groups excluding carboxylic acids is 3. The van der Waals surface area contributed by atoms with Crippen LogP contribution in [-0.4, -0.2) is 37.2 Å². The number of allylic oxidation sites excluding steroid dienone is 6. The van der Waals surface area contributed by atoms with Crippen LogP contribution in [-0.2, 0) is 28.6 Å². The molecule has 0 aromatic heterocycles. The first-order chi connectivity index (χ1) is 30.5. The minimum atomic E-state index is -0.778. The lowest BCUT2D eigenvalue weighted by molar-refractivity contribution is -0.167. The van der Waals surface area contributed by atoms with Crippen molar-refractivity contribution in [2.75, 3.05) is 13.2 Å². The zero-order valence-electron chi connectivity index (χ0n) is 41.4. The van der Waals surface area contributed by atoms with Crippen LogP contribution in [0.5, 0.6) is 0 Å². The van der Waals surface area contributed by atoms with Gasteiger partial charge in [-0.05, 0) is 51.4 Å². The number of carbonyl (C=O) groups is 3. The van der Waals surface area contributed by atoms with Crippen LogP contribution >= 0.6 is 0 Å². The van der Waals surface area contributed by atoms with E-state index in [4.69, 9.17) is 14.2 Å². The van der Waals surface area contributed by atoms with Gasteiger partial charge in [0.05, 0.1) is 0 Å². The highest BCUT2D eigenvalue weighted by atomic mass is 16.6. The molecular weight excluding hydrogens is 769 g/mol. The summed E-state index contributed by atoms with van der Waals surface area (Å²) >= 11 is 0.